The Hall–Kier alpha value is -3.46. The van der Waals surface area contributed by atoms with Gasteiger partial charge in [0, 0.05) is 23.1 Å². The number of carbonyl (C=O) groups is 3. The zero-order valence-corrected chi connectivity index (χ0v) is 19.1. The predicted octanol–water partition coefficient (Wildman–Crippen LogP) is 3.91. The summed E-state index contributed by atoms with van der Waals surface area (Å²) < 4.78 is 36.6. The molecule has 3 rings (SSSR count). The Labute approximate surface area is 192 Å². The van der Waals surface area contributed by atoms with E-state index in [2.05, 4.69) is 0 Å². The van der Waals surface area contributed by atoms with Crippen molar-refractivity contribution in [2.24, 2.45) is 0 Å². The lowest BCUT2D eigenvalue weighted by Gasteiger charge is -2.18. The lowest BCUT2D eigenvalue weighted by Crippen LogP contribution is -2.16. The van der Waals surface area contributed by atoms with Gasteiger partial charge in [-0.15, -0.1) is 0 Å². The zero-order valence-electron chi connectivity index (χ0n) is 18.3. The molecule has 0 unspecified atom stereocenters. The summed E-state index contributed by atoms with van der Waals surface area (Å²) in [6.07, 6.45) is 4.99. The largest absolute Gasteiger partial charge is 0.481 e. The van der Waals surface area contributed by atoms with E-state index in [9.17, 15) is 22.8 Å². The smallest absolute Gasteiger partial charge is 0.342 e. The molecule has 0 spiro atoms. The van der Waals surface area contributed by atoms with Gasteiger partial charge in [0.25, 0.3) is 0 Å². The third-order valence-corrected chi connectivity index (χ3v) is 6.65. The van der Waals surface area contributed by atoms with Crippen LogP contribution in [-0.2, 0) is 32.7 Å². The Morgan fingerprint density at radius 1 is 1.15 bits per heavy atom. The minimum Gasteiger partial charge on any atom is -0.481 e. The summed E-state index contributed by atoms with van der Waals surface area (Å²) in [6.45, 7) is 3.42. The van der Waals surface area contributed by atoms with Crippen LogP contribution in [0.3, 0.4) is 0 Å². The van der Waals surface area contributed by atoms with Crippen molar-refractivity contribution in [3.8, 4) is 5.75 Å². The molecule has 0 atom stereocenters. The first kappa shape index (κ1) is 24.2. The van der Waals surface area contributed by atoms with Gasteiger partial charge in [-0.2, -0.15) is 8.42 Å². The molecule has 33 heavy (non-hydrogen) atoms. The second kappa shape index (κ2) is 9.99. The van der Waals surface area contributed by atoms with E-state index >= 15 is 0 Å². The Morgan fingerprint density at radius 2 is 1.82 bits per heavy atom. The van der Waals surface area contributed by atoms with Crippen LogP contribution in [0.2, 0.25) is 0 Å². The number of ether oxygens (including phenoxy) is 1. The van der Waals surface area contributed by atoms with Crippen LogP contribution in [0.4, 0.5) is 0 Å². The number of benzene rings is 2. The molecule has 0 bridgehead atoms. The average Bonchev–Trinajstić information content (AvgIpc) is 3.15. The summed E-state index contributed by atoms with van der Waals surface area (Å²) >= 11 is 0. The van der Waals surface area contributed by atoms with Crippen LogP contribution < -0.4 is 4.18 Å². The monoisotopic (exact) mass is 472 g/mol. The number of fused-ring (bicyclic) bond motifs is 1. The maximum Gasteiger partial charge on any atom is 0.342 e. The molecule has 1 aliphatic rings. The summed E-state index contributed by atoms with van der Waals surface area (Å²) in [5, 5.41) is 8.73. The van der Waals surface area contributed by atoms with Gasteiger partial charge >= 0.3 is 22.1 Å². The van der Waals surface area contributed by atoms with Crippen molar-refractivity contribution in [1.29, 1.82) is 0 Å². The van der Waals surface area contributed by atoms with Gasteiger partial charge in [0.15, 0.2) is 12.0 Å². The fraction of sp³-hybridized carbons (Fsp3) is 0.292. The van der Waals surface area contributed by atoms with Crippen molar-refractivity contribution in [1.82, 2.24) is 0 Å². The topological polar surface area (TPSA) is 124 Å². The summed E-state index contributed by atoms with van der Waals surface area (Å²) in [6, 6.07) is 6.07. The maximum absolute atomic E-state index is 13.0. The Bertz CT molecular complexity index is 1220. The van der Waals surface area contributed by atoms with E-state index in [1.165, 1.54) is 12.1 Å². The molecule has 0 aromatic heterocycles. The van der Waals surface area contributed by atoms with Crippen molar-refractivity contribution < 1.29 is 36.8 Å². The molecule has 1 N–H and O–H groups in total. The minimum absolute atomic E-state index is 0.0109. The second-order valence-electron chi connectivity index (χ2n) is 7.69. The number of carboxylic acid groups (broad SMARTS) is 1. The van der Waals surface area contributed by atoms with Gasteiger partial charge in [-0.1, -0.05) is 29.8 Å². The number of rotatable bonds is 10. The highest BCUT2D eigenvalue weighted by Crippen LogP contribution is 2.40. The van der Waals surface area contributed by atoms with E-state index in [1.807, 2.05) is 6.92 Å². The standard InChI is InChI=1S/C24H24O8S/c1-15-9-11-17(12-10-15)33(29,30)32-23-18(7-5-3-4-6-8-21(26)27)19(13-25)16(2)20-14-31-24(28)22(20)23/h3-4,9-13H,5-8,14H2,1-2H3,(H,26,27). The second-order valence-corrected chi connectivity index (χ2v) is 9.23. The first-order chi connectivity index (χ1) is 15.7. The molecule has 0 radical (unpaired) electrons. The normalized spacial score (nSPS) is 13.1. The molecular formula is C24H24O8S. The molecule has 0 amide bonds. The van der Waals surface area contributed by atoms with E-state index < -0.39 is 22.1 Å². The lowest BCUT2D eigenvalue weighted by atomic mass is 9.90. The van der Waals surface area contributed by atoms with E-state index in [4.69, 9.17) is 14.0 Å². The van der Waals surface area contributed by atoms with Gasteiger partial charge in [0.05, 0.1) is 0 Å². The summed E-state index contributed by atoms with van der Waals surface area (Å²) in [7, 11) is -4.29. The van der Waals surface area contributed by atoms with Crippen LogP contribution in [0, 0.1) is 13.8 Å². The number of aliphatic carboxylic acids is 1. The van der Waals surface area contributed by atoms with Crippen LogP contribution in [0.1, 0.15) is 62.2 Å². The molecular weight excluding hydrogens is 448 g/mol. The highest BCUT2D eigenvalue weighted by Gasteiger charge is 2.34. The lowest BCUT2D eigenvalue weighted by molar-refractivity contribution is -0.136. The zero-order chi connectivity index (χ0) is 24.2. The van der Waals surface area contributed by atoms with Gasteiger partial charge in [-0.3, -0.25) is 9.59 Å². The molecule has 1 heterocycles. The van der Waals surface area contributed by atoms with Gasteiger partial charge < -0.3 is 14.0 Å². The van der Waals surface area contributed by atoms with Gasteiger partial charge in [0.1, 0.15) is 17.1 Å². The van der Waals surface area contributed by atoms with Crippen LogP contribution in [0.25, 0.3) is 0 Å². The third-order valence-electron chi connectivity index (χ3n) is 5.41. The Morgan fingerprint density at radius 3 is 2.45 bits per heavy atom. The van der Waals surface area contributed by atoms with Gasteiger partial charge in [-0.05, 0) is 50.8 Å². The molecule has 0 saturated heterocycles. The van der Waals surface area contributed by atoms with E-state index in [1.54, 1.807) is 31.2 Å². The number of carbonyl (C=O) groups excluding carboxylic acids is 2. The molecule has 174 valence electrons. The van der Waals surface area contributed by atoms with Crippen LogP contribution in [-0.4, -0.2) is 31.7 Å². The molecule has 0 saturated carbocycles. The molecule has 2 aromatic rings. The van der Waals surface area contributed by atoms with Crippen LogP contribution in [0.15, 0.2) is 41.3 Å². The Balaban J connectivity index is 2.04. The van der Waals surface area contributed by atoms with Gasteiger partial charge in [0.2, 0.25) is 0 Å². The molecule has 0 aliphatic carbocycles. The molecule has 9 heteroatoms. The number of cyclic esters (lactones) is 1. The SMILES string of the molecule is Cc1ccc(S(=O)(=O)Oc2c(CCC=CCCC(=O)O)c(C=O)c(C)c3c2C(=O)OC3)cc1. The maximum atomic E-state index is 13.0. The highest BCUT2D eigenvalue weighted by molar-refractivity contribution is 7.87. The third kappa shape index (κ3) is 5.31. The summed E-state index contributed by atoms with van der Waals surface area (Å²) in [4.78, 5) is 35.0. The van der Waals surface area contributed by atoms with Crippen molar-refractivity contribution >= 4 is 28.3 Å². The average molecular weight is 473 g/mol. The molecule has 2 aromatic carbocycles. The first-order valence-corrected chi connectivity index (χ1v) is 11.7. The van der Waals surface area contributed by atoms with Crippen molar-refractivity contribution in [2.75, 3.05) is 0 Å². The fourth-order valence-corrected chi connectivity index (χ4v) is 4.59. The van der Waals surface area contributed by atoms with Crippen molar-refractivity contribution in [2.45, 2.75) is 51.0 Å². The van der Waals surface area contributed by atoms with E-state index in [0.717, 1.165) is 5.56 Å². The van der Waals surface area contributed by atoms with Crippen LogP contribution >= 0.6 is 0 Å². The van der Waals surface area contributed by atoms with E-state index in [-0.39, 0.29) is 41.2 Å². The fourth-order valence-electron chi connectivity index (χ4n) is 3.63. The highest BCUT2D eigenvalue weighted by atomic mass is 32.2. The van der Waals surface area contributed by atoms with Crippen molar-refractivity contribution in [3.63, 3.8) is 0 Å². The number of esters is 1. The number of carboxylic acids is 1. The summed E-state index contributed by atoms with van der Waals surface area (Å²) in [5.74, 6) is -1.81. The number of hydrogen-bond acceptors (Lipinski definition) is 7. The summed E-state index contributed by atoms with van der Waals surface area (Å²) in [5.41, 5.74) is 2.39. The van der Waals surface area contributed by atoms with Crippen LogP contribution in [0.5, 0.6) is 5.75 Å². The molecule has 0 fully saturated rings. The van der Waals surface area contributed by atoms with Gasteiger partial charge in [-0.25, -0.2) is 4.79 Å². The minimum atomic E-state index is -4.29. The van der Waals surface area contributed by atoms with Crippen molar-refractivity contribution in [3.05, 3.63) is 69.8 Å². The van der Waals surface area contributed by atoms with E-state index in [0.29, 0.717) is 35.8 Å². The number of hydrogen-bond donors (Lipinski definition) is 1. The first-order valence-electron chi connectivity index (χ1n) is 10.3. The number of aryl methyl sites for hydroxylation is 1. The number of allylic oxidation sites excluding steroid dienone is 2. The number of aldehydes is 1. The Kier molecular flexibility index (Phi) is 7.33. The quantitative estimate of drug-likeness (QED) is 0.239. The molecule has 8 nitrogen and oxygen atoms in total. The predicted molar refractivity (Wildman–Crippen MR) is 119 cm³/mol. The molecule has 1 aliphatic heterocycles.